The number of amides is 1. The first kappa shape index (κ1) is 19.4. The van der Waals surface area contributed by atoms with Crippen molar-refractivity contribution in [3.63, 3.8) is 0 Å². The van der Waals surface area contributed by atoms with Gasteiger partial charge in [-0.25, -0.2) is 9.18 Å². The van der Waals surface area contributed by atoms with E-state index < -0.39 is 0 Å². The van der Waals surface area contributed by atoms with E-state index in [-0.39, 0.29) is 11.9 Å². The molecule has 0 N–H and O–H groups in total. The number of unbranched alkanes of at least 4 members (excludes halogenated alkanes) is 1. The molecule has 6 heteroatoms. The highest BCUT2D eigenvalue weighted by molar-refractivity contribution is 5.69. The number of aromatic nitrogens is 1. The summed E-state index contributed by atoms with van der Waals surface area (Å²) in [6.07, 6.45) is 4.78. The highest BCUT2D eigenvalue weighted by Crippen LogP contribution is 2.30. The number of rotatable bonds is 7. The standard InChI is InChI=1S/C21H27FN2O3/c1-3-5-6-15(4-2)14-26-21(25)24-12-11-18-19(13-24)23-27-20(18)16-7-9-17(22)10-8-16/h7-10,15H,3-6,11-14H2,1-2H3. The second-order valence-corrected chi connectivity index (χ2v) is 7.11. The van der Waals surface area contributed by atoms with E-state index in [0.717, 1.165) is 42.5 Å². The molecule has 2 heterocycles. The van der Waals surface area contributed by atoms with Crippen LogP contribution in [0.1, 0.15) is 50.8 Å². The van der Waals surface area contributed by atoms with Gasteiger partial charge in [0.1, 0.15) is 11.5 Å². The first-order valence-electron chi connectivity index (χ1n) is 9.77. The van der Waals surface area contributed by atoms with Gasteiger partial charge in [0, 0.05) is 17.7 Å². The van der Waals surface area contributed by atoms with E-state index in [2.05, 4.69) is 19.0 Å². The van der Waals surface area contributed by atoms with Crippen LogP contribution in [-0.2, 0) is 17.7 Å². The fraction of sp³-hybridized carbons (Fsp3) is 0.524. The molecular weight excluding hydrogens is 347 g/mol. The third-order valence-corrected chi connectivity index (χ3v) is 5.19. The third-order valence-electron chi connectivity index (χ3n) is 5.19. The molecule has 0 fully saturated rings. The maximum Gasteiger partial charge on any atom is 0.410 e. The van der Waals surface area contributed by atoms with E-state index >= 15 is 0 Å². The van der Waals surface area contributed by atoms with Gasteiger partial charge in [-0.3, -0.25) is 0 Å². The lowest BCUT2D eigenvalue weighted by Crippen LogP contribution is -2.37. The minimum Gasteiger partial charge on any atom is -0.449 e. The lowest BCUT2D eigenvalue weighted by molar-refractivity contribution is 0.0803. The van der Waals surface area contributed by atoms with Gasteiger partial charge in [0.15, 0.2) is 5.76 Å². The van der Waals surface area contributed by atoms with Gasteiger partial charge in [0.25, 0.3) is 0 Å². The number of hydrogen-bond donors (Lipinski definition) is 0. The maximum absolute atomic E-state index is 13.1. The van der Waals surface area contributed by atoms with Crippen LogP contribution in [0.5, 0.6) is 0 Å². The minimum atomic E-state index is -0.290. The average molecular weight is 374 g/mol. The van der Waals surface area contributed by atoms with E-state index in [4.69, 9.17) is 9.26 Å². The summed E-state index contributed by atoms with van der Waals surface area (Å²) < 4.78 is 24.1. The summed E-state index contributed by atoms with van der Waals surface area (Å²) in [7, 11) is 0. The lowest BCUT2D eigenvalue weighted by Gasteiger charge is -2.26. The Hall–Kier alpha value is -2.37. The number of carbonyl (C=O) groups excluding carboxylic acids is 1. The summed E-state index contributed by atoms with van der Waals surface area (Å²) in [5.41, 5.74) is 2.53. The van der Waals surface area contributed by atoms with Crippen molar-refractivity contribution in [2.75, 3.05) is 13.2 Å². The van der Waals surface area contributed by atoms with Crippen molar-refractivity contribution < 1.29 is 18.4 Å². The summed E-state index contributed by atoms with van der Waals surface area (Å²) in [5, 5.41) is 4.12. The van der Waals surface area contributed by atoms with Crippen molar-refractivity contribution in [1.29, 1.82) is 0 Å². The van der Waals surface area contributed by atoms with Gasteiger partial charge in [-0.05, 0) is 43.0 Å². The second-order valence-electron chi connectivity index (χ2n) is 7.11. The van der Waals surface area contributed by atoms with Gasteiger partial charge >= 0.3 is 6.09 Å². The fourth-order valence-electron chi connectivity index (χ4n) is 3.39. The molecule has 0 spiro atoms. The van der Waals surface area contributed by atoms with Gasteiger partial charge in [-0.2, -0.15) is 0 Å². The van der Waals surface area contributed by atoms with Crippen LogP contribution in [0.15, 0.2) is 28.8 Å². The van der Waals surface area contributed by atoms with E-state index in [1.807, 2.05) is 0 Å². The predicted octanol–water partition coefficient (Wildman–Crippen LogP) is 5.19. The smallest absolute Gasteiger partial charge is 0.410 e. The zero-order valence-corrected chi connectivity index (χ0v) is 16.0. The van der Waals surface area contributed by atoms with Crippen LogP contribution in [0.4, 0.5) is 9.18 Å². The van der Waals surface area contributed by atoms with E-state index in [1.54, 1.807) is 17.0 Å². The van der Waals surface area contributed by atoms with Crippen LogP contribution in [0.25, 0.3) is 11.3 Å². The Bertz CT molecular complexity index is 757. The number of hydrogen-bond acceptors (Lipinski definition) is 4. The second kappa shape index (κ2) is 9.02. The minimum absolute atomic E-state index is 0.287. The Morgan fingerprint density at radius 1 is 1.33 bits per heavy atom. The quantitative estimate of drug-likeness (QED) is 0.669. The molecule has 1 amide bonds. The molecule has 1 unspecified atom stereocenters. The van der Waals surface area contributed by atoms with Crippen LogP contribution in [0, 0.1) is 11.7 Å². The summed E-state index contributed by atoms with van der Waals surface area (Å²) in [6.45, 7) is 5.71. The monoisotopic (exact) mass is 374 g/mol. The Balaban J connectivity index is 1.60. The molecule has 1 aromatic heterocycles. The molecule has 5 nitrogen and oxygen atoms in total. The SMILES string of the molecule is CCCCC(CC)COC(=O)N1CCc2c(noc2-c2ccc(F)cc2)C1. The summed E-state index contributed by atoms with van der Waals surface area (Å²) in [4.78, 5) is 14.1. The van der Waals surface area contributed by atoms with Gasteiger partial charge in [-0.15, -0.1) is 0 Å². The van der Waals surface area contributed by atoms with Crippen LogP contribution < -0.4 is 0 Å². The molecular formula is C21H27FN2O3. The van der Waals surface area contributed by atoms with Gasteiger partial charge < -0.3 is 14.2 Å². The van der Waals surface area contributed by atoms with E-state index in [9.17, 15) is 9.18 Å². The summed E-state index contributed by atoms with van der Waals surface area (Å²) in [6, 6.07) is 6.16. The average Bonchev–Trinajstić information content (AvgIpc) is 3.11. The first-order chi connectivity index (χ1) is 13.1. The fourth-order valence-corrected chi connectivity index (χ4v) is 3.39. The predicted molar refractivity (Wildman–Crippen MR) is 101 cm³/mol. The van der Waals surface area contributed by atoms with Crippen LogP contribution in [0.3, 0.4) is 0 Å². The molecule has 27 heavy (non-hydrogen) atoms. The number of fused-ring (bicyclic) bond motifs is 1. The molecule has 1 atom stereocenters. The number of halogens is 1. The van der Waals surface area contributed by atoms with Gasteiger partial charge in [0.2, 0.25) is 0 Å². The van der Waals surface area contributed by atoms with Crippen LogP contribution in [0.2, 0.25) is 0 Å². The maximum atomic E-state index is 13.1. The molecule has 0 saturated heterocycles. The van der Waals surface area contributed by atoms with Gasteiger partial charge in [-0.1, -0.05) is 38.3 Å². The van der Waals surface area contributed by atoms with E-state index in [0.29, 0.717) is 37.8 Å². The van der Waals surface area contributed by atoms with Crippen molar-refractivity contribution in [1.82, 2.24) is 10.1 Å². The van der Waals surface area contributed by atoms with Crippen molar-refractivity contribution >= 4 is 6.09 Å². The highest BCUT2D eigenvalue weighted by atomic mass is 19.1. The molecule has 146 valence electrons. The van der Waals surface area contributed by atoms with E-state index in [1.165, 1.54) is 12.1 Å². The molecule has 1 aromatic carbocycles. The zero-order chi connectivity index (χ0) is 19.2. The third kappa shape index (κ3) is 4.67. The topological polar surface area (TPSA) is 55.6 Å². The summed E-state index contributed by atoms with van der Waals surface area (Å²) in [5.74, 6) is 0.792. The number of carbonyl (C=O) groups is 1. The molecule has 0 saturated carbocycles. The number of ether oxygens (including phenoxy) is 1. The largest absolute Gasteiger partial charge is 0.449 e. The first-order valence-corrected chi connectivity index (χ1v) is 9.77. The van der Waals surface area contributed by atoms with Crippen molar-refractivity contribution in [2.24, 2.45) is 5.92 Å². The van der Waals surface area contributed by atoms with Crippen LogP contribution >= 0.6 is 0 Å². The van der Waals surface area contributed by atoms with Crippen LogP contribution in [-0.4, -0.2) is 29.3 Å². The lowest BCUT2D eigenvalue weighted by atomic mass is 10.0. The molecule has 1 aliphatic rings. The van der Waals surface area contributed by atoms with Crippen molar-refractivity contribution in [3.8, 4) is 11.3 Å². The Morgan fingerprint density at radius 2 is 2.11 bits per heavy atom. The number of benzene rings is 1. The number of nitrogens with zero attached hydrogens (tertiary/aromatic N) is 2. The molecule has 1 aliphatic heterocycles. The Morgan fingerprint density at radius 3 is 2.81 bits per heavy atom. The normalized spacial score (nSPS) is 14.7. The zero-order valence-electron chi connectivity index (χ0n) is 16.0. The van der Waals surface area contributed by atoms with Crippen molar-refractivity contribution in [2.45, 2.75) is 52.5 Å². The molecule has 2 aromatic rings. The summed E-state index contributed by atoms with van der Waals surface area (Å²) >= 11 is 0. The Labute approximate surface area is 159 Å². The molecule has 0 bridgehead atoms. The van der Waals surface area contributed by atoms with Gasteiger partial charge in [0.05, 0.1) is 13.2 Å². The Kier molecular flexibility index (Phi) is 6.48. The molecule has 3 rings (SSSR count). The highest BCUT2D eigenvalue weighted by Gasteiger charge is 2.28. The molecule has 0 aliphatic carbocycles. The molecule has 0 radical (unpaired) electrons. The van der Waals surface area contributed by atoms with Crippen molar-refractivity contribution in [3.05, 3.63) is 41.3 Å².